The van der Waals surface area contributed by atoms with Crippen LogP contribution < -0.4 is 10.6 Å². The average Bonchev–Trinajstić information content (AvgIpc) is 2.81. The third kappa shape index (κ3) is 3.98. The van der Waals surface area contributed by atoms with Gasteiger partial charge in [-0.3, -0.25) is 0 Å². The Morgan fingerprint density at radius 3 is 2.45 bits per heavy atom. The van der Waals surface area contributed by atoms with Crippen molar-refractivity contribution in [2.45, 2.75) is 20.3 Å². The van der Waals surface area contributed by atoms with Gasteiger partial charge >= 0.3 is 0 Å². The summed E-state index contributed by atoms with van der Waals surface area (Å²) in [5.74, 6) is 1.28. The Morgan fingerprint density at radius 1 is 1.15 bits per heavy atom. The minimum atomic E-state index is 0.520. The van der Waals surface area contributed by atoms with E-state index in [4.69, 9.17) is 23.2 Å². The fraction of sp³-hybridized carbons (Fsp3) is 0.385. The molecule has 2 heterocycles. The molecule has 20 heavy (non-hydrogen) atoms. The SMILES string of the molecule is CCNc1nc(NCCc2csc(C)n2)c(Cl)cc1Cl. The molecule has 0 aliphatic heterocycles. The van der Waals surface area contributed by atoms with Crippen LogP contribution in [0, 0.1) is 6.92 Å². The van der Waals surface area contributed by atoms with Crippen LogP contribution in [0.5, 0.6) is 0 Å². The summed E-state index contributed by atoms with van der Waals surface area (Å²) in [5.41, 5.74) is 1.08. The van der Waals surface area contributed by atoms with E-state index in [9.17, 15) is 0 Å². The van der Waals surface area contributed by atoms with Crippen LogP contribution in [0.3, 0.4) is 0 Å². The summed E-state index contributed by atoms with van der Waals surface area (Å²) < 4.78 is 0. The Kier molecular flexibility index (Phi) is 5.46. The zero-order valence-electron chi connectivity index (χ0n) is 11.3. The zero-order chi connectivity index (χ0) is 14.5. The number of aryl methyl sites for hydroxylation is 1. The highest BCUT2D eigenvalue weighted by molar-refractivity contribution is 7.09. The molecule has 7 heteroatoms. The number of hydrogen-bond donors (Lipinski definition) is 2. The van der Waals surface area contributed by atoms with Gasteiger partial charge in [0, 0.05) is 24.9 Å². The highest BCUT2D eigenvalue weighted by Crippen LogP contribution is 2.29. The van der Waals surface area contributed by atoms with Crippen molar-refractivity contribution in [2.75, 3.05) is 23.7 Å². The van der Waals surface area contributed by atoms with Gasteiger partial charge in [-0.25, -0.2) is 9.97 Å². The lowest BCUT2D eigenvalue weighted by Gasteiger charge is -2.11. The van der Waals surface area contributed by atoms with E-state index in [1.807, 2.05) is 13.8 Å². The number of hydrogen-bond acceptors (Lipinski definition) is 5. The van der Waals surface area contributed by atoms with Gasteiger partial charge in [-0.1, -0.05) is 23.2 Å². The number of nitrogens with zero attached hydrogens (tertiary/aromatic N) is 2. The minimum absolute atomic E-state index is 0.520. The fourth-order valence-electron chi connectivity index (χ4n) is 1.71. The van der Waals surface area contributed by atoms with E-state index in [1.54, 1.807) is 17.4 Å². The molecule has 0 atom stereocenters. The van der Waals surface area contributed by atoms with Crippen molar-refractivity contribution in [3.63, 3.8) is 0 Å². The van der Waals surface area contributed by atoms with E-state index in [2.05, 4.69) is 26.0 Å². The van der Waals surface area contributed by atoms with Crippen molar-refractivity contribution in [1.82, 2.24) is 9.97 Å². The molecule has 2 aromatic heterocycles. The predicted molar refractivity (Wildman–Crippen MR) is 87.5 cm³/mol. The lowest BCUT2D eigenvalue weighted by atomic mass is 10.3. The summed E-state index contributed by atoms with van der Waals surface area (Å²) in [5, 5.41) is 10.5. The molecule has 0 saturated heterocycles. The van der Waals surface area contributed by atoms with Gasteiger partial charge in [-0.15, -0.1) is 11.3 Å². The molecule has 2 N–H and O–H groups in total. The van der Waals surface area contributed by atoms with Crippen molar-refractivity contribution in [3.8, 4) is 0 Å². The average molecular weight is 331 g/mol. The standard InChI is InChI=1S/C13H16Cl2N4S/c1-3-16-12-10(14)6-11(15)13(19-12)17-5-4-9-7-20-8(2)18-9/h6-7H,3-5H2,1-2H3,(H2,16,17,19). The quantitative estimate of drug-likeness (QED) is 0.831. The first-order valence-corrected chi connectivity index (χ1v) is 7.98. The van der Waals surface area contributed by atoms with E-state index in [1.165, 1.54) is 0 Å². The van der Waals surface area contributed by atoms with Crippen LogP contribution in [0.15, 0.2) is 11.4 Å². The van der Waals surface area contributed by atoms with E-state index < -0.39 is 0 Å². The van der Waals surface area contributed by atoms with Gasteiger partial charge in [-0.05, 0) is 19.9 Å². The van der Waals surface area contributed by atoms with Gasteiger partial charge in [0.15, 0.2) is 0 Å². The largest absolute Gasteiger partial charge is 0.369 e. The molecule has 2 rings (SSSR count). The second-order valence-corrected chi connectivity index (χ2v) is 6.09. The maximum atomic E-state index is 6.14. The first kappa shape index (κ1) is 15.4. The predicted octanol–water partition coefficient (Wildman–Crippen LogP) is 4.24. The smallest absolute Gasteiger partial charge is 0.147 e. The molecule has 108 valence electrons. The van der Waals surface area contributed by atoms with E-state index in [0.29, 0.717) is 21.7 Å². The molecule has 4 nitrogen and oxygen atoms in total. The third-order valence-corrected chi connectivity index (χ3v) is 4.01. The van der Waals surface area contributed by atoms with E-state index >= 15 is 0 Å². The van der Waals surface area contributed by atoms with Gasteiger partial charge in [0.1, 0.15) is 11.6 Å². The number of pyridine rings is 1. The molecule has 0 amide bonds. The van der Waals surface area contributed by atoms with Crippen molar-refractivity contribution < 1.29 is 0 Å². The first-order chi connectivity index (χ1) is 9.60. The molecule has 2 aromatic rings. The van der Waals surface area contributed by atoms with Gasteiger partial charge < -0.3 is 10.6 Å². The summed E-state index contributed by atoms with van der Waals surface area (Å²) in [6.45, 7) is 5.47. The Morgan fingerprint density at radius 2 is 1.85 bits per heavy atom. The lowest BCUT2D eigenvalue weighted by Crippen LogP contribution is -2.09. The Balaban J connectivity index is 1.99. The van der Waals surface area contributed by atoms with E-state index in [-0.39, 0.29) is 0 Å². The molecule has 0 aliphatic carbocycles. The van der Waals surface area contributed by atoms with Crippen molar-refractivity contribution in [2.24, 2.45) is 0 Å². The summed E-state index contributed by atoms with van der Waals surface area (Å²) in [7, 11) is 0. The maximum absolute atomic E-state index is 6.14. The maximum Gasteiger partial charge on any atom is 0.147 e. The zero-order valence-corrected chi connectivity index (χ0v) is 13.7. The molecule has 0 radical (unpaired) electrons. The van der Waals surface area contributed by atoms with Gasteiger partial charge in [-0.2, -0.15) is 0 Å². The fourth-order valence-corrected chi connectivity index (χ4v) is 2.85. The molecular weight excluding hydrogens is 315 g/mol. The van der Waals surface area contributed by atoms with E-state index in [0.717, 1.165) is 30.2 Å². The molecule has 0 saturated carbocycles. The van der Waals surface area contributed by atoms with Gasteiger partial charge in [0.2, 0.25) is 0 Å². The van der Waals surface area contributed by atoms with Crippen LogP contribution in [0.4, 0.5) is 11.6 Å². The van der Waals surface area contributed by atoms with Crippen LogP contribution in [0.25, 0.3) is 0 Å². The second kappa shape index (κ2) is 7.11. The molecule has 0 unspecified atom stereocenters. The number of rotatable bonds is 6. The van der Waals surface area contributed by atoms with Crippen molar-refractivity contribution in [3.05, 3.63) is 32.2 Å². The summed E-state index contributed by atoms with van der Waals surface area (Å²) >= 11 is 13.9. The van der Waals surface area contributed by atoms with Crippen LogP contribution in [0.1, 0.15) is 17.6 Å². The number of nitrogens with one attached hydrogen (secondary N) is 2. The topological polar surface area (TPSA) is 49.8 Å². The highest BCUT2D eigenvalue weighted by Gasteiger charge is 2.08. The summed E-state index contributed by atoms with van der Waals surface area (Å²) in [6.07, 6.45) is 0.835. The molecule has 0 aliphatic rings. The molecule has 0 fully saturated rings. The van der Waals surface area contributed by atoms with Crippen LogP contribution in [-0.4, -0.2) is 23.1 Å². The van der Waals surface area contributed by atoms with Crippen LogP contribution in [0.2, 0.25) is 10.0 Å². The second-order valence-electron chi connectivity index (χ2n) is 4.21. The molecular formula is C13H16Cl2N4S. The lowest BCUT2D eigenvalue weighted by molar-refractivity contribution is 0.960. The number of thiazole rings is 1. The third-order valence-electron chi connectivity index (χ3n) is 2.61. The molecule has 0 aromatic carbocycles. The molecule has 0 bridgehead atoms. The summed E-state index contributed by atoms with van der Waals surface area (Å²) in [4.78, 5) is 8.81. The van der Waals surface area contributed by atoms with Gasteiger partial charge in [0.05, 0.1) is 20.7 Å². The van der Waals surface area contributed by atoms with Gasteiger partial charge in [0.25, 0.3) is 0 Å². The van der Waals surface area contributed by atoms with Crippen molar-refractivity contribution in [1.29, 1.82) is 0 Å². The Hall–Kier alpha value is -1.04. The molecule has 0 spiro atoms. The van der Waals surface area contributed by atoms with Crippen molar-refractivity contribution >= 4 is 46.2 Å². The Labute approximate surface area is 132 Å². The minimum Gasteiger partial charge on any atom is -0.369 e. The number of anilines is 2. The first-order valence-electron chi connectivity index (χ1n) is 6.35. The number of aromatic nitrogens is 2. The van der Waals surface area contributed by atoms with Crippen LogP contribution >= 0.6 is 34.5 Å². The highest BCUT2D eigenvalue weighted by atomic mass is 35.5. The Bertz CT molecular complexity index is 586. The number of halogens is 2. The normalized spacial score (nSPS) is 10.6. The summed E-state index contributed by atoms with van der Waals surface area (Å²) in [6, 6.07) is 1.70. The monoisotopic (exact) mass is 330 g/mol. The van der Waals surface area contributed by atoms with Crippen LogP contribution in [-0.2, 0) is 6.42 Å².